The highest BCUT2D eigenvalue weighted by atomic mass is 32.1. The maximum atomic E-state index is 5.83. The Labute approximate surface area is 134 Å². The van der Waals surface area contributed by atoms with Crippen LogP contribution in [-0.2, 0) is 0 Å². The van der Waals surface area contributed by atoms with Crippen LogP contribution in [0.4, 0.5) is 0 Å². The number of rotatable bonds is 3. The molecule has 1 aromatic heterocycles. The number of hydrazone groups is 1. The van der Waals surface area contributed by atoms with Crippen molar-refractivity contribution in [1.82, 2.24) is 9.99 Å². The molecule has 3 rings (SSSR count). The molecule has 0 amide bonds. The third-order valence-corrected chi connectivity index (χ3v) is 3.78. The summed E-state index contributed by atoms with van der Waals surface area (Å²) in [7, 11) is 1.65. The Hall–Kier alpha value is -2.47. The summed E-state index contributed by atoms with van der Waals surface area (Å²) in [6, 6.07) is 13.6. The van der Waals surface area contributed by atoms with E-state index in [0.29, 0.717) is 6.42 Å². The van der Waals surface area contributed by atoms with Gasteiger partial charge in [0, 0.05) is 12.6 Å². The lowest BCUT2D eigenvalue weighted by Gasteiger charge is -2.22. The molecule has 1 aromatic carbocycles. The number of nitrogens with two attached hydrogens (primary N) is 1. The number of methoxy groups -OCH3 is 1. The molecule has 0 fully saturated rings. The highest BCUT2D eigenvalue weighted by Crippen LogP contribution is 2.32. The van der Waals surface area contributed by atoms with Gasteiger partial charge in [0.25, 0.3) is 0 Å². The van der Waals surface area contributed by atoms with Crippen molar-refractivity contribution < 1.29 is 4.74 Å². The van der Waals surface area contributed by atoms with Crippen LogP contribution in [0.15, 0.2) is 53.8 Å². The summed E-state index contributed by atoms with van der Waals surface area (Å²) < 4.78 is 5.19. The molecule has 5 nitrogen and oxygen atoms in total. The molecule has 0 spiro atoms. The zero-order chi connectivity index (χ0) is 15.5. The predicted molar refractivity (Wildman–Crippen MR) is 89.8 cm³/mol. The van der Waals surface area contributed by atoms with Crippen LogP contribution < -0.4 is 10.5 Å². The third-order valence-electron chi connectivity index (χ3n) is 3.60. The first kappa shape index (κ1) is 14.5. The van der Waals surface area contributed by atoms with E-state index in [9.17, 15) is 0 Å². The Morgan fingerprint density at radius 1 is 1.27 bits per heavy atom. The van der Waals surface area contributed by atoms with E-state index >= 15 is 0 Å². The average molecular weight is 312 g/mol. The number of hydrogen-bond donors (Lipinski definition) is 1. The smallest absolute Gasteiger partial charge is 0.187 e. The minimum Gasteiger partial charge on any atom is -0.497 e. The van der Waals surface area contributed by atoms with E-state index in [1.807, 2.05) is 42.5 Å². The van der Waals surface area contributed by atoms with Crippen molar-refractivity contribution in [2.24, 2.45) is 10.8 Å². The van der Waals surface area contributed by atoms with Crippen LogP contribution in [0, 0.1) is 0 Å². The van der Waals surface area contributed by atoms with Crippen molar-refractivity contribution in [2.75, 3.05) is 7.11 Å². The topological polar surface area (TPSA) is 63.7 Å². The number of pyridine rings is 1. The second-order valence-corrected chi connectivity index (χ2v) is 5.36. The summed E-state index contributed by atoms with van der Waals surface area (Å²) in [6.07, 6.45) is 2.46. The normalized spacial score (nSPS) is 17.2. The van der Waals surface area contributed by atoms with E-state index in [-0.39, 0.29) is 11.2 Å². The first-order valence-electron chi connectivity index (χ1n) is 6.90. The van der Waals surface area contributed by atoms with Crippen LogP contribution in [0.25, 0.3) is 0 Å². The van der Waals surface area contributed by atoms with Gasteiger partial charge in [-0.1, -0.05) is 18.2 Å². The van der Waals surface area contributed by atoms with Gasteiger partial charge in [-0.25, -0.2) is 5.01 Å². The van der Waals surface area contributed by atoms with Crippen LogP contribution >= 0.6 is 12.2 Å². The van der Waals surface area contributed by atoms with Gasteiger partial charge in [-0.2, -0.15) is 5.10 Å². The molecule has 1 aliphatic heterocycles. The van der Waals surface area contributed by atoms with Gasteiger partial charge < -0.3 is 10.5 Å². The Morgan fingerprint density at radius 2 is 2.05 bits per heavy atom. The van der Waals surface area contributed by atoms with Crippen LogP contribution in [0.3, 0.4) is 0 Å². The molecule has 1 aliphatic rings. The second kappa shape index (κ2) is 6.11. The van der Waals surface area contributed by atoms with Gasteiger partial charge in [-0.3, -0.25) is 4.98 Å². The molecule has 0 saturated heterocycles. The number of hydrogen-bond acceptors (Lipinski definition) is 4. The fraction of sp³-hybridized carbons (Fsp3) is 0.188. The van der Waals surface area contributed by atoms with Crippen molar-refractivity contribution >= 4 is 23.0 Å². The number of benzene rings is 1. The van der Waals surface area contributed by atoms with E-state index in [1.165, 1.54) is 0 Å². The van der Waals surface area contributed by atoms with E-state index in [4.69, 9.17) is 22.7 Å². The van der Waals surface area contributed by atoms with Crippen molar-refractivity contribution in [1.29, 1.82) is 0 Å². The van der Waals surface area contributed by atoms with Crippen molar-refractivity contribution in [3.8, 4) is 5.75 Å². The lowest BCUT2D eigenvalue weighted by molar-refractivity contribution is 0.371. The summed E-state index contributed by atoms with van der Waals surface area (Å²) in [5.74, 6) is 0.814. The monoisotopic (exact) mass is 312 g/mol. The predicted octanol–water partition coefficient (Wildman–Crippen LogP) is 2.48. The van der Waals surface area contributed by atoms with E-state index in [0.717, 1.165) is 22.7 Å². The molecule has 6 heteroatoms. The highest BCUT2D eigenvalue weighted by Gasteiger charge is 2.30. The lowest BCUT2D eigenvalue weighted by atomic mass is 10.0. The summed E-state index contributed by atoms with van der Waals surface area (Å²) in [5.41, 5.74) is 8.64. The van der Waals surface area contributed by atoms with E-state index < -0.39 is 0 Å². The molecule has 2 aromatic rings. The van der Waals surface area contributed by atoms with Gasteiger partial charge in [0.15, 0.2) is 5.11 Å². The number of nitrogens with zero attached hydrogens (tertiary/aromatic N) is 3. The largest absolute Gasteiger partial charge is 0.497 e. The minimum absolute atomic E-state index is 0.0135. The number of ether oxygens (including phenoxy) is 1. The minimum atomic E-state index is -0.0135. The Bertz CT molecular complexity index is 700. The number of thiocarbonyl (C=S) groups is 1. The molecule has 22 heavy (non-hydrogen) atoms. The van der Waals surface area contributed by atoms with Gasteiger partial charge >= 0.3 is 0 Å². The maximum absolute atomic E-state index is 5.83. The lowest BCUT2D eigenvalue weighted by Crippen LogP contribution is -2.31. The SMILES string of the molecule is COc1ccc(C2CC(c3ccccn3)=NN2C(N)=S)cc1. The summed E-state index contributed by atoms with van der Waals surface area (Å²) in [6.45, 7) is 0. The van der Waals surface area contributed by atoms with Gasteiger partial charge in [-0.15, -0.1) is 0 Å². The molecule has 2 heterocycles. The quantitative estimate of drug-likeness (QED) is 0.882. The summed E-state index contributed by atoms with van der Waals surface area (Å²) in [4.78, 5) is 4.35. The maximum Gasteiger partial charge on any atom is 0.187 e. The standard InChI is InChI=1S/C16H16N4OS/c1-21-12-7-5-11(6-8-12)15-10-14(19-20(15)16(17)22)13-4-2-3-9-18-13/h2-9,15H,10H2,1H3,(H2,17,22). The molecule has 0 bridgehead atoms. The van der Waals surface area contributed by atoms with Crippen LogP contribution in [-0.4, -0.2) is 27.9 Å². The fourth-order valence-electron chi connectivity index (χ4n) is 2.49. The molecule has 0 radical (unpaired) electrons. The van der Waals surface area contributed by atoms with E-state index in [2.05, 4.69) is 10.1 Å². The Balaban J connectivity index is 1.90. The van der Waals surface area contributed by atoms with Crippen LogP contribution in [0.2, 0.25) is 0 Å². The third kappa shape index (κ3) is 2.78. The molecule has 2 N–H and O–H groups in total. The highest BCUT2D eigenvalue weighted by molar-refractivity contribution is 7.80. The first-order chi connectivity index (χ1) is 10.7. The Morgan fingerprint density at radius 3 is 2.64 bits per heavy atom. The molecular weight excluding hydrogens is 296 g/mol. The van der Waals surface area contributed by atoms with Crippen LogP contribution in [0.1, 0.15) is 23.7 Å². The number of aromatic nitrogens is 1. The summed E-state index contributed by atoms with van der Waals surface area (Å²) in [5, 5.41) is 6.49. The van der Waals surface area contributed by atoms with Gasteiger partial charge in [0.2, 0.25) is 0 Å². The Kier molecular flexibility index (Phi) is 4.02. The summed E-state index contributed by atoms with van der Waals surface area (Å²) >= 11 is 5.14. The zero-order valence-corrected chi connectivity index (χ0v) is 13.0. The molecule has 112 valence electrons. The van der Waals surface area contributed by atoms with Crippen molar-refractivity contribution in [2.45, 2.75) is 12.5 Å². The van der Waals surface area contributed by atoms with Gasteiger partial charge in [0.1, 0.15) is 5.75 Å². The van der Waals surface area contributed by atoms with Crippen LogP contribution in [0.5, 0.6) is 5.75 Å². The fourth-order valence-corrected chi connectivity index (χ4v) is 2.66. The molecule has 0 aliphatic carbocycles. The molecule has 0 saturated carbocycles. The van der Waals surface area contributed by atoms with Gasteiger partial charge in [-0.05, 0) is 42.0 Å². The molecule has 1 atom stereocenters. The average Bonchev–Trinajstić information content (AvgIpc) is 3.01. The molecular formula is C16H16N4OS. The van der Waals surface area contributed by atoms with Crippen molar-refractivity contribution in [3.63, 3.8) is 0 Å². The van der Waals surface area contributed by atoms with Gasteiger partial charge in [0.05, 0.1) is 24.6 Å². The zero-order valence-electron chi connectivity index (χ0n) is 12.1. The second-order valence-electron chi connectivity index (χ2n) is 4.94. The molecule has 1 unspecified atom stereocenters. The van der Waals surface area contributed by atoms with Crippen molar-refractivity contribution in [3.05, 3.63) is 59.9 Å². The first-order valence-corrected chi connectivity index (χ1v) is 7.31. The van der Waals surface area contributed by atoms with E-state index in [1.54, 1.807) is 18.3 Å².